The van der Waals surface area contributed by atoms with Crippen molar-refractivity contribution in [1.29, 1.82) is 0 Å². The molecule has 3 rings (SSSR count). The van der Waals surface area contributed by atoms with Crippen molar-refractivity contribution in [2.45, 2.75) is 43.4 Å². The summed E-state index contributed by atoms with van der Waals surface area (Å²) in [6.07, 6.45) is 2.65. The zero-order chi connectivity index (χ0) is 23.1. The highest BCUT2D eigenvalue weighted by molar-refractivity contribution is 8.00. The molecule has 2 N–H and O–H groups in total. The smallest absolute Gasteiger partial charge is 0.182 e. The van der Waals surface area contributed by atoms with Gasteiger partial charge in [0.2, 0.25) is 0 Å². The molecule has 1 aromatic heterocycles. The topological polar surface area (TPSA) is 62.6 Å². The molecule has 32 heavy (non-hydrogen) atoms. The molecule has 0 aliphatic carbocycles. The number of aromatic nitrogens is 1. The van der Waals surface area contributed by atoms with Crippen LogP contribution in [0.15, 0.2) is 77.2 Å². The molecule has 4 nitrogen and oxygen atoms in total. The molecular weight excluding hydrogens is 438 g/mol. The first kappa shape index (κ1) is 24.3. The predicted molar refractivity (Wildman–Crippen MR) is 135 cm³/mol. The molecule has 3 aromatic rings. The van der Waals surface area contributed by atoms with E-state index in [-0.39, 0.29) is 18.1 Å². The number of aliphatic hydroxyl groups excluding tert-OH is 1. The molecule has 168 valence electrons. The SMILES string of the molecule is C=CC(=C(OCc1ccccc1-c1ccccc1)c1nc(SC)sc1C(C)CC)C(O)O. The van der Waals surface area contributed by atoms with E-state index in [9.17, 15) is 10.2 Å². The summed E-state index contributed by atoms with van der Waals surface area (Å²) in [4.78, 5) is 5.84. The Bertz CT molecular complexity index is 1070. The molecule has 0 amide bonds. The Morgan fingerprint density at radius 1 is 1.16 bits per heavy atom. The normalized spacial score (nSPS) is 13.1. The molecular formula is C26H29NO3S2. The lowest BCUT2D eigenvalue weighted by molar-refractivity contribution is -0.00616. The van der Waals surface area contributed by atoms with Crippen molar-refractivity contribution in [3.05, 3.63) is 89.0 Å². The Kier molecular flexibility index (Phi) is 8.70. The maximum atomic E-state index is 10.0. The van der Waals surface area contributed by atoms with E-state index in [4.69, 9.17) is 9.72 Å². The fourth-order valence-corrected chi connectivity index (χ4v) is 5.09. The standard InChI is InChI=1S/C26H29NO3S2/c1-5-17(3)24-22(27-26(31-4)32-24)23(20(6-2)25(28)29)30-16-19-14-10-11-15-21(19)18-12-8-7-9-13-18/h6-15,17,25,28-29H,2,5,16H2,1,3-4H3. The van der Waals surface area contributed by atoms with Gasteiger partial charge in [-0.15, -0.1) is 11.3 Å². The summed E-state index contributed by atoms with van der Waals surface area (Å²) in [5.74, 6) is 0.630. The number of hydrogen-bond donors (Lipinski definition) is 2. The van der Waals surface area contributed by atoms with E-state index in [1.165, 1.54) is 6.08 Å². The minimum absolute atomic E-state index is 0.213. The van der Waals surface area contributed by atoms with Crippen molar-refractivity contribution < 1.29 is 14.9 Å². The minimum Gasteiger partial charge on any atom is -0.486 e. The molecule has 6 heteroatoms. The van der Waals surface area contributed by atoms with Gasteiger partial charge in [-0.25, -0.2) is 4.98 Å². The maximum absolute atomic E-state index is 10.0. The van der Waals surface area contributed by atoms with Crippen LogP contribution in [0.1, 0.15) is 42.3 Å². The first-order valence-corrected chi connectivity index (χ1v) is 12.6. The number of aliphatic hydroxyl groups is 2. The van der Waals surface area contributed by atoms with Crippen LogP contribution in [0.25, 0.3) is 16.9 Å². The van der Waals surface area contributed by atoms with Crippen LogP contribution in [0.2, 0.25) is 0 Å². The zero-order valence-corrected chi connectivity index (χ0v) is 20.2. The summed E-state index contributed by atoms with van der Waals surface area (Å²) < 4.78 is 7.22. The first-order chi connectivity index (χ1) is 15.5. The van der Waals surface area contributed by atoms with Crippen LogP contribution in [0.3, 0.4) is 0 Å². The fourth-order valence-electron chi connectivity index (χ4n) is 3.38. The van der Waals surface area contributed by atoms with Gasteiger partial charge in [-0.2, -0.15) is 0 Å². The highest BCUT2D eigenvalue weighted by Crippen LogP contribution is 2.38. The number of benzene rings is 2. The third kappa shape index (κ3) is 5.51. The molecule has 0 saturated heterocycles. The van der Waals surface area contributed by atoms with Crippen molar-refractivity contribution in [3.8, 4) is 11.1 Å². The zero-order valence-electron chi connectivity index (χ0n) is 18.6. The van der Waals surface area contributed by atoms with Crippen LogP contribution in [0.5, 0.6) is 0 Å². The van der Waals surface area contributed by atoms with Gasteiger partial charge in [0.15, 0.2) is 16.4 Å². The van der Waals surface area contributed by atoms with E-state index in [1.807, 2.05) is 42.7 Å². The second-order valence-corrected chi connectivity index (χ2v) is 9.46. The third-order valence-corrected chi connectivity index (χ3v) is 7.59. The molecule has 2 aromatic carbocycles. The van der Waals surface area contributed by atoms with Gasteiger partial charge in [0.25, 0.3) is 0 Å². The van der Waals surface area contributed by atoms with Crippen LogP contribution >= 0.6 is 23.1 Å². The Morgan fingerprint density at radius 2 is 1.84 bits per heavy atom. The highest BCUT2D eigenvalue weighted by atomic mass is 32.2. The van der Waals surface area contributed by atoms with Gasteiger partial charge in [-0.05, 0) is 35.3 Å². The maximum Gasteiger partial charge on any atom is 0.182 e. The van der Waals surface area contributed by atoms with Gasteiger partial charge >= 0.3 is 0 Å². The third-order valence-electron chi connectivity index (χ3n) is 5.32. The molecule has 0 saturated carbocycles. The summed E-state index contributed by atoms with van der Waals surface area (Å²) in [6.45, 7) is 8.32. The molecule has 1 heterocycles. The lowest BCUT2D eigenvalue weighted by Crippen LogP contribution is -2.12. The van der Waals surface area contributed by atoms with Crippen LogP contribution in [0, 0.1) is 0 Å². The van der Waals surface area contributed by atoms with E-state index in [0.29, 0.717) is 11.5 Å². The van der Waals surface area contributed by atoms with E-state index in [0.717, 1.165) is 32.3 Å². The molecule has 1 atom stereocenters. The van der Waals surface area contributed by atoms with E-state index >= 15 is 0 Å². The molecule has 0 aliphatic rings. The van der Waals surface area contributed by atoms with Crippen LogP contribution < -0.4 is 0 Å². The van der Waals surface area contributed by atoms with Crippen molar-refractivity contribution in [1.82, 2.24) is 4.98 Å². The average molecular weight is 468 g/mol. The van der Waals surface area contributed by atoms with Crippen molar-refractivity contribution in [2.75, 3.05) is 6.26 Å². The number of ether oxygens (including phenoxy) is 1. The van der Waals surface area contributed by atoms with E-state index in [1.54, 1.807) is 23.1 Å². The van der Waals surface area contributed by atoms with Gasteiger partial charge < -0.3 is 14.9 Å². The Labute approximate surface area is 198 Å². The second kappa shape index (κ2) is 11.5. The highest BCUT2D eigenvalue weighted by Gasteiger charge is 2.24. The summed E-state index contributed by atoms with van der Waals surface area (Å²) in [5, 5.41) is 20.1. The number of thiazole rings is 1. The largest absolute Gasteiger partial charge is 0.486 e. The van der Waals surface area contributed by atoms with Gasteiger partial charge in [-0.1, -0.05) is 92.9 Å². The predicted octanol–water partition coefficient (Wildman–Crippen LogP) is 6.47. The van der Waals surface area contributed by atoms with Gasteiger partial charge in [0.1, 0.15) is 12.3 Å². The molecule has 1 unspecified atom stereocenters. The summed E-state index contributed by atoms with van der Waals surface area (Å²) in [7, 11) is 0. The van der Waals surface area contributed by atoms with Crippen LogP contribution in [-0.2, 0) is 11.3 Å². The van der Waals surface area contributed by atoms with Crippen LogP contribution in [0.4, 0.5) is 0 Å². The number of hydrogen-bond acceptors (Lipinski definition) is 6. The molecule has 0 aliphatic heterocycles. The van der Waals surface area contributed by atoms with Gasteiger partial charge in [0.05, 0.1) is 5.57 Å². The molecule has 0 spiro atoms. The summed E-state index contributed by atoms with van der Waals surface area (Å²) in [6, 6.07) is 18.2. The van der Waals surface area contributed by atoms with Gasteiger partial charge in [0, 0.05) is 4.88 Å². The molecule has 0 radical (unpaired) electrons. The van der Waals surface area contributed by atoms with Crippen molar-refractivity contribution in [2.24, 2.45) is 0 Å². The Balaban J connectivity index is 2.05. The van der Waals surface area contributed by atoms with E-state index in [2.05, 4.69) is 38.6 Å². The monoisotopic (exact) mass is 467 g/mol. The number of nitrogens with zero attached hydrogens (tertiary/aromatic N) is 1. The van der Waals surface area contributed by atoms with Crippen molar-refractivity contribution >= 4 is 28.9 Å². The first-order valence-electron chi connectivity index (χ1n) is 10.5. The second-order valence-electron chi connectivity index (χ2n) is 7.38. The molecule has 0 bridgehead atoms. The number of rotatable bonds is 10. The van der Waals surface area contributed by atoms with Gasteiger partial charge in [-0.3, -0.25) is 0 Å². The Morgan fingerprint density at radius 3 is 2.47 bits per heavy atom. The molecule has 0 fully saturated rings. The number of thioether (sulfide) groups is 1. The summed E-state index contributed by atoms with van der Waals surface area (Å²) in [5.41, 5.74) is 4.04. The fraction of sp³-hybridized carbons (Fsp3) is 0.269. The Hall–Kier alpha value is -2.38. The lowest BCUT2D eigenvalue weighted by atomic mass is 10.00. The van der Waals surface area contributed by atoms with Crippen LogP contribution in [-0.4, -0.2) is 27.7 Å². The quantitative estimate of drug-likeness (QED) is 0.155. The lowest BCUT2D eigenvalue weighted by Gasteiger charge is -2.18. The average Bonchev–Trinajstić information content (AvgIpc) is 3.26. The van der Waals surface area contributed by atoms with E-state index < -0.39 is 6.29 Å². The van der Waals surface area contributed by atoms with Crippen molar-refractivity contribution in [3.63, 3.8) is 0 Å². The minimum atomic E-state index is -1.71. The summed E-state index contributed by atoms with van der Waals surface area (Å²) >= 11 is 3.19.